The molecule has 0 amide bonds. The van der Waals surface area contributed by atoms with E-state index in [1.807, 2.05) is 6.92 Å². The molecule has 9 heavy (non-hydrogen) atoms. The minimum Gasteiger partial charge on any atom is -0.422 e. The number of aryl methyl sites for hydroxylation is 1. The van der Waals surface area contributed by atoms with Gasteiger partial charge in [-0.3, -0.25) is 4.98 Å². The maximum Gasteiger partial charge on any atom is 0.509 e. The number of aromatic nitrogens is 1. The van der Waals surface area contributed by atoms with Crippen molar-refractivity contribution in [3.63, 3.8) is 0 Å². The SMILES string of the molecule is Cc1nc(B(O)O)cs1. The summed E-state index contributed by atoms with van der Waals surface area (Å²) in [5.41, 5.74) is 0.331. The molecule has 0 aromatic carbocycles. The van der Waals surface area contributed by atoms with Crippen LogP contribution in [-0.2, 0) is 0 Å². The Kier molecular flexibility index (Phi) is 1.85. The summed E-state index contributed by atoms with van der Waals surface area (Å²) in [6, 6.07) is 0. The molecule has 0 spiro atoms. The van der Waals surface area contributed by atoms with E-state index >= 15 is 0 Å². The second-order valence-corrected chi connectivity index (χ2v) is 2.73. The summed E-state index contributed by atoms with van der Waals surface area (Å²) in [6.45, 7) is 1.82. The molecule has 0 unspecified atom stereocenters. The number of rotatable bonds is 1. The van der Waals surface area contributed by atoms with E-state index < -0.39 is 7.12 Å². The first kappa shape index (κ1) is 6.73. The summed E-state index contributed by atoms with van der Waals surface area (Å²) in [6.07, 6.45) is 0. The topological polar surface area (TPSA) is 53.4 Å². The monoisotopic (exact) mass is 143 g/mol. The lowest BCUT2D eigenvalue weighted by atomic mass is 9.88. The fraction of sp³-hybridized carbons (Fsp3) is 0.250. The average molecular weight is 143 g/mol. The van der Waals surface area contributed by atoms with Gasteiger partial charge in [0.25, 0.3) is 0 Å². The van der Waals surface area contributed by atoms with Crippen LogP contribution >= 0.6 is 11.3 Å². The molecule has 1 aromatic rings. The van der Waals surface area contributed by atoms with E-state index in [0.717, 1.165) is 5.01 Å². The fourth-order valence-electron chi connectivity index (χ4n) is 0.499. The highest BCUT2D eigenvalue weighted by atomic mass is 32.1. The Morgan fingerprint density at radius 1 is 1.67 bits per heavy atom. The molecule has 0 radical (unpaired) electrons. The Labute approximate surface area is 57.1 Å². The van der Waals surface area contributed by atoms with E-state index in [1.165, 1.54) is 11.3 Å². The highest BCUT2D eigenvalue weighted by molar-refractivity contribution is 7.10. The Morgan fingerprint density at radius 3 is 2.56 bits per heavy atom. The van der Waals surface area contributed by atoms with Crippen LogP contribution in [-0.4, -0.2) is 22.2 Å². The maximum atomic E-state index is 8.54. The highest BCUT2D eigenvalue weighted by Gasteiger charge is 2.13. The molecular weight excluding hydrogens is 137 g/mol. The quantitative estimate of drug-likeness (QED) is 0.502. The van der Waals surface area contributed by atoms with Crippen molar-refractivity contribution in [1.29, 1.82) is 0 Å². The Balaban J connectivity index is 2.85. The second kappa shape index (κ2) is 2.47. The number of hydrogen-bond donors (Lipinski definition) is 2. The zero-order valence-electron chi connectivity index (χ0n) is 4.90. The van der Waals surface area contributed by atoms with E-state index in [0.29, 0.717) is 5.59 Å². The van der Waals surface area contributed by atoms with Crippen molar-refractivity contribution < 1.29 is 10.0 Å². The third kappa shape index (κ3) is 1.51. The molecule has 0 fully saturated rings. The molecular formula is C4H6BNO2S. The fourth-order valence-corrected chi connectivity index (χ4v) is 1.12. The first-order valence-corrected chi connectivity index (χ1v) is 3.36. The zero-order chi connectivity index (χ0) is 6.85. The summed E-state index contributed by atoms with van der Waals surface area (Å²) in [5.74, 6) is 0. The van der Waals surface area contributed by atoms with E-state index in [9.17, 15) is 0 Å². The van der Waals surface area contributed by atoms with Gasteiger partial charge >= 0.3 is 7.12 Å². The predicted molar refractivity (Wildman–Crippen MR) is 36.7 cm³/mol. The van der Waals surface area contributed by atoms with Crippen LogP contribution in [0.2, 0.25) is 0 Å². The first-order valence-electron chi connectivity index (χ1n) is 2.48. The Bertz CT molecular complexity index is 200. The van der Waals surface area contributed by atoms with Crippen molar-refractivity contribution in [2.45, 2.75) is 6.92 Å². The first-order chi connectivity index (χ1) is 4.20. The summed E-state index contributed by atoms with van der Waals surface area (Å²) in [5, 5.41) is 19.5. The van der Waals surface area contributed by atoms with Crippen molar-refractivity contribution in [1.82, 2.24) is 4.98 Å². The smallest absolute Gasteiger partial charge is 0.422 e. The van der Waals surface area contributed by atoms with Gasteiger partial charge in [-0.15, -0.1) is 11.3 Å². The molecule has 1 aromatic heterocycles. The number of hydrogen-bond acceptors (Lipinski definition) is 4. The van der Waals surface area contributed by atoms with Crippen LogP contribution in [0.25, 0.3) is 0 Å². The van der Waals surface area contributed by atoms with Gasteiger partial charge in [0.1, 0.15) is 0 Å². The molecule has 5 heteroatoms. The average Bonchev–Trinajstić information content (AvgIpc) is 2.14. The molecule has 3 nitrogen and oxygen atoms in total. The van der Waals surface area contributed by atoms with Gasteiger partial charge in [0.15, 0.2) is 0 Å². The third-order valence-electron chi connectivity index (χ3n) is 0.901. The van der Waals surface area contributed by atoms with Crippen LogP contribution < -0.4 is 5.59 Å². The standard InChI is InChI=1S/C4H6BNO2S/c1-3-6-4(2-9-3)5(7)8/h2,7-8H,1H3. The normalized spacial score (nSPS) is 9.67. The van der Waals surface area contributed by atoms with E-state index in [1.54, 1.807) is 5.38 Å². The van der Waals surface area contributed by atoms with Gasteiger partial charge < -0.3 is 10.0 Å². The van der Waals surface area contributed by atoms with Gasteiger partial charge in [-0.25, -0.2) is 0 Å². The van der Waals surface area contributed by atoms with Crippen molar-refractivity contribution in [3.8, 4) is 0 Å². The molecule has 0 aliphatic carbocycles. The van der Waals surface area contributed by atoms with Crippen LogP contribution in [0.4, 0.5) is 0 Å². The summed E-state index contributed by atoms with van der Waals surface area (Å²) < 4.78 is 0. The lowest BCUT2D eigenvalue weighted by molar-refractivity contribution is 0.424. The third-order valence-corrected chi connectivity index (χ3v) is 1.69. The van der Waals surface area contributed by atoms with Crippen LogP contribution in [0.1, 0.15) is 5.01 Å². The van der Waals surface area contributed by atoms with Gasteiger partial charge in [0.2, 0.25) is 0 Å². The largest absolute Gasteiger partial charge is 0.509 e. The van der Waals surface area contributed by atoms with Crippen molar-refractivity contribution in [2.24, 2.45) is 0 Å². The molecule has 0 saturated heterocycles. The number of nitrogens with zero attached hydrogens (tertiary/aromatic N) is 1. The van der Waals surface area contributed by atoms with Crippen LogP contribution in [0, 0.1) is 6.92 Å². The van der Waals surface area contributed by atoms with Gasteiger partial charge in [0, 0.05) is 5.38 Å². The Hall–Kier alpha value is -0.385. The van der Waals surface area contributed by atoms with Crippen LogP contribution in [0.15, 0.2) is 5.38 Å². The molecule has 0 bridgehead atoms. The zero-order valence-corrected chi connectivity index (χ0v) is 5.72. The van der Waals surface area contributed by atoms with E-state index in [-0.39, 0.29) is 0 Å². The number of thiazole rings is 1. The van der Waals surface area contributed by atoms with Crippen molar-refractivity contribution in [3.05, 3.63) is 10.4 Å². The highest BCUT2D eigenvalue weighted by Crippen LogP contribution is 1.98. The molecule has 1 heterocycles. The molecule has 1 rings (SSSR count). The van der Waals surface area contributed by atoms with Crippen LogP contribution in [0.3, 0.4) is 0 Å². The van der Waals surface area contributed by atoms with E-state index in [2.05, 4.69) is 4.98 Å². The minimum absolute atomic E-state index is 0.331. The van der Waals surface area contributed by atoms with Crippen LogP contribution in [0.5, 0.6) is 0 Å². The van der Waals surface area contributed by atoms with Crippen molar-refractivity contribution >= 4 is 24.0 Å². The second-order valence-electron chi connectivity index (χ2n) is 1.67. The summed E-state index contributed by atoms with van der Waals surface area (Å²) in [7, 11) is -1.42. The van der Waals surface area contributed by atoms with Crippen molar-refractivity contribution in [2.75, 3.05) is 0 Å². The molecule has 0 aliphatic rings. The van der Waals surface area contributed by atoms with E-state index in [4.69, 9.17) is 10.0 Å². The Morgan fingerprint density at radius 2 is 2.33 bits per heavy atom. The summed E-state index contributed by atoms with van der Waals surface area (Å²) in [4.78, 5) is 3.83. The molecule has 0 saturated carbocycles. The molecule has 0 atom stereocenters. The lowest BCUT2D eigenvalue weighted by Gasteiger charge is -1.87. The minimum atomic E-state index is -1.42. The molecule has 48 valence electrons. The van der Waals surface area contributed by atoms with Gasteiger partial charge in [0.05, 0.1) is 10.6 Å². The maximum absolute atomic E-state index is 8.54. The lowest BCUT2D eigenvalue weighted by Crippen LogP contribution is -2.30. The van der Waals surface area contributed by atoms with Gasteiger partial charge in [-0.2, -0.15) is 0 Å². The summed E-state index contributed by atoms with van der Waals surface area (Å²) >= 11 is 1.40. The van der Waals surface area contributed by atoms with Gasteiger partial charge in [-0.05, 0) is 6.92 Å². The predicted octanol–water partition coefficient (Wildman–Crippen LogP) is -0.869. The molecule has 2 N–H and O–H groups in total. The van der Waals surface area contributed by atoms with Gasteiger partial charge in [-0.1, -0.05) is 0 Å². The molecule has 0 aliphatic heterocycles.